The van der Waals surface area contributed by atoms with Crippen LogP contribution in [0.2, 0.25) is 0 Å². The van der Waals surface area contributed by atoms with Crippen molar-refractivity contribution in [3.05, 3.63) is 59.2 Å². The summed E-state index contributed by atoms with van der Waals surface area (Å²) < 4.78 is 18.2. The Balaban J connectivity index is 1.70. The van der Waals surface area contributed by atoms with Crippen LogP contribution in [0.3, 0.4) is 0 Å². The van der Waals surface area contributed by atoms with Crippen LogP contribution in [0.1, 0.15) is 42.5 Å². The number of carbonyl (C=O) groups excluding carboxylic acids is 2. The number of amides is 1. The molecular formula is C21H23FN6O3. The van der Waals surface area contributed by atoms with Crippen molar-refractivity contribution in [2.24, 2.45) is 0 Å². The zero-order chi connectivity index (χ0) is 22.6. The Hall–Kier alpha value is -3.69. The molecule has 0 unspecified atom stereocenters. The summed E-state index contributed by atoms with van der Waals surface area (Å²) in [5, 5.41) is 14.8. The highest BCUT2D eigenvalue weighted by molar-refractivity contribution is 5.93. The van der Waals surface area contributed by atoms with E-state index in [1.807, 2.05) is 0 Å². The highest BCUT2D eigenvalue weighted by atomic mass is 19.1. The van der Waals surface area contributed by atoms with E-state index in [9.17, 15) is 14.0 Å². The molecule has 0 bridgehead atoms. The van der Waals surface area contributed by atoms with Crippen LogP contribution in [0.5, 0.6) is 0 Å². The van der Waals surface area contributed by atoms with Crippen LogP contribution in [0.4, 0.5) is 4.39 Å². The molecule has 2 aromatic heterocycles. The minimum absolute atomic E-state index is 0.181. The molecule has 9 nitrogen and oxygen atoms in total. The van der Waals surface area contributed by atoms with Gasteiger partial charge in [-0.1, -0.05) is 12.1 Å². The minimum Gasteiger partial charge on any atom is -0.459 e. The fourth-order valence-corrected chi connectivity index (χ4v) is 2.70. The lowest BCUT2D eigenvalue weighted by atomic mass is 10.1. The number of rotatable bonds is 6. The average molecular weight is 426 g/mol. The molecule has 10 heteroatoms. The molecule has 0 fully saturated rings. The molecule has 1 amide bonds. The van der Waals surface area contributed by atoms with Crippen molar-refractivity contribution in [2.75, 3.05) is 0 Å². The predicted molar refractivity (Wildman–Crippen MR) is 109 cm³/mol. The monoisotopic (exact) mass is 426 g/mol. The molecular weight excluding hydrogens is 403 g/mol. The lowest BCUT2D eigenvalue weighted by Gasteiger charge is -2.18. The highest BCUT2D eigenvalue weighted by Crippen LogP contribution is 2.16. The van der Waals surface area contributed by atoms with Gasteiger partial charge in [0.1, 0.15) is 17.1 Å². The second-order valence-corrected chi connectivity index (χ2v) is 7.92. The van der Waals surface area contributed by atoms with Crippen molar-refractivity contribution >= 4 is 11.9 Å². The van der Waals surface area contributed by atoms with E-state index >= 15 is 0 Å². The second-order valence-electron chi connectivity index (χ2n) is 7.92. The lowest BCUT2D eigenvalue weighted by Crippen LogP contribution is -2.27. The predicted octanol–water partition coefficient (Wildman–Crippen LogP) is 2.45. The van der Waals surface area contributed by atoms with Gasteiger partial charge in [-0.15, -0.1) is 10.2 Å². The van der Waals surface area contributed by atoms with E-state index in [1.54, 1.807) is 52.0 Å². The number of carbonyl (C=O) groups is 2. The first-order valence-electron chi connectivity index (χ1n) is 9.60. The van der Waals surface area contributed by atoms with Crippen molar-refractivity contribution in [1.29, 1.82) is 0 Å². The van der Waals surface area contributed by atoms with Crippen LogP contribution in [0, 0.1) is 12.7 Å². The van der Waals surface area contributed by atoms with Gasteiger partial charge in [0.25, 0.3) is 5.91 Å². The van der Waals surface area contributed by atoms with Crippen LogP contribution >= 0.6 is 0 Å². The number of hydrogen-bond donors (Lipinski definition) is 1. The van der Waals surface area contributed by atoms with Gasteiger partial charge >= 0.3 is 5.97 Å². The molecule has 2 heterocycles. The molecule has 0 spiro atoms. The largest absolute Gasteiger partial charge is 0.459 e. The first kappa shape index (κ1) is 22.0. The number of ether oxygens (including phenoxy) is 1. The molecule has 0 aliphatic heterocycles. The number of benzene rings is 1. The quantitative estimate of drug-likeness (QED) is 0.603. The Bertz CT molecular complexity index is 1090. The van der Waals surface area contributed by atoms with Crippen LogP contribution in [0.15, 0.2) is 36.4 Å². The summed E-state index contributed by atoms with van der Waals surface area (Å²) in [5.41, 5.74) is 1.46. The summed E-state index contributed by atoms with van der Waals surface area (Å²) in [6, 6.07) is 9.11. The zero-order valence-electron chi connectivity index (χ0n) is 17.7. The zero-order valence-corrected chi connectivity index (χ0v) is 17.7. The fraction of sp³-hybridized carbons (Fsp3) is 0.333. The van der Waals surface area contributed by atoms with Gasteiger partial charge in [0.05, 0.1) is 0 Å². The van der Waals surface area contributed by atoms with Crippen LogP contribution < -0.4 is 5.32 Å². The number of pyridine rings is 1. The molecule has 1 aromatic carbocycles. The molecule has 0 saturated carbocycles. The van der Waals surface area contributed by atoms with E-state index in [-0.39, 0.29) is 30.4 Å². The summed E-state index contributed by atoms with van der Waals surface area (Å²) in [5.74, 6) is -0.965. The number of halogens is 1. The molecule has 1 N–H and O–H groups in total. The Morgan fingerprint density at radius 2 is 1.87 bits per heavy atom. The number of nitrogens with zero attached hydrogens (tertiary/aromatic N) is 5. The van der Waals surface area contributed by atoms with E-state index in [2.05, 4.69) is 25.7 Å². The third-order valence-corrected chi connectivity index (χ3v) is 3.95. The molecule has 3 aromatic rings. The van der Waals surface area contributed by atoms with Gasteiger partial charge in [-0.25, -0.2) is 14.2 Å². The molecule has 0 aliphatic rings. The molecule has 0 saturated heterocycles. The van der Waals surface area contributed by atoms with Crippen molar-refractivity contribution in [2.45, 2.75) is 46.4 Å². The Kier molecular flexibility index (Phi) is 6.38. The fourth-order valence-electron chi connectivity index (χ4n) is 2.70. The van der Waals surface area contributed by atoms with Gasteiger partial charge < -0.3 is 10.1 Å². The van der Waals surface area contributed by atoms with Crippen LogP contribution in [-0.4, -0.2) is 42.7 Å². The van der Waals surface area contributed by atoms with E-state index in [4.69, 9.17) is 4.74 Å². The lowest BCUT2D eigenvalue weighted by molar-refractivity contribution is -0.156. The van der Waals surface area contributed by atoms with Gasteiger partial charge in [-0.05, 0) is 62.7 Å². The summed E-state index contributed by atoms with van der Waals surface area (Å²) in [6.07, 6.45) is 0. The van der Waals surface area contributed by atoms with Crippen LogP contribution in [0.25, 0.3) is 11.4 Å². The molecule has 31 heavy (non-hydrogen) atoms. The SMILES string of the molecule is Cc1cc(-c2nnn(CC(=O)OC(C)(C)C)n2)cc(C(=O)NCc2ccc(F)cc2)n1. The van der Waals surface area contributed by atoms with Gasteiger partial charge in [0.2, 0.25) is 5.82 Å². The maximum absolute atomic E-state index is 13.0. The molecule has 162 valence electrons. The number of nitrogens with one attached hydrogen (secondary N) is 1. The van der Waals surface area contributed by atoms with Gasteiger partial charge in [0, 0.05) is 17.8 Å². The molecule has 3 rings (SSSR count). The van der Waals surface area contributed by atoms with Crippen LogP contribution in [-0.2, 0) is 22.6 Å². The Morgan fingerprint density at radius 1 is 1.16 bits per heavy atom. The van der Waals surface area contributed by atoms with Crippen molar-refractivity contribution < 1.29 is 18.7 Å². The minimum atomic E-state index is -0.612. The van der Waals surface area contributed by atoms with E-state index in [0.29, 0.717) is 11.3 Å². The maximum Gasteiger partial charge on any atom is 0.330 e. The Morgan fingerprint density at radius 3 is 2.55 bits per heavy atom. The second kappa shape index (κ2) is 8.99. The number of hydrogen-bond acceptors (Lipinski definition) is 7. The van der Waals surface area contributed by atoms with Gasteiger partial charge in [0.15, 0.2) is 6.54 Å². The van der Waals surface area contributed by atoms with Crippen molar-refractivity contribution in [1.82, 2.24) is 30.5 Å². The Labute approximate surface area is 178 Å². The highest BCUT2D eigenvalue weighted by Gasteiger charge is 2.18. The van der Waals surface area contributed by atoms with E-state index in [1.165, 1.54) is 12.1 Å². The summed E-state index contributed by atoms with van der Waals surface area (Å²) in [6.45, 7) is 7.10. The van der Waals surface area contributed by atoms with E-state index < -0.39 is 17.5 Å². The van der Waals surface area contributed by atoms with Crippen molar-refractivity contribution in [3.8, 4) is 11.4 Å². The maximum atomic E-state index is 13.0. The number of aryl methyl sites for hydroxylation is 1. The molecule has 0 radical (unpaired) electrons. The normalized spacial score (nSPS) is 11.3. The smallest absolute Gasteiger partial charge is 0.330 e. The first-order valence-corrected chi connectivity index (χ1v) is 9.60. The average Bonchev–Trinajstić information content (AvgIpc) is 3.13. The number of tetrazole rings is 1. The third-order valence-electron chi connectivity index (χ3n) is 3.95. The summed E-state index contributed by atoms with van der Waals surface area (Å²) in [4.78, 5) is 29.9. The third kappa shape index (κ3) is 6.39. The van der Waals surface area contributed by atoms with Gasteiger partial charge in [-0.3, -0.25) is 4.79 Å². The number of aromatic nitrogens is 5. The van der Waals surface area contributed by atoms with E-state index in [0.717, 1.165) is 10.4 Å². The number of esters is 1. The molecule has 0 atom stereocenters. The standard InChI is InChI=1S/C21H23FN6O3/c1-13-9-15(19-25-27-28(26-19)12-18(29)31-21(2,3)4)10-17(24-13)20(30)23-11-14-5-7-16(22)8-6-14/h5-10H,11-12H2,1-4H3,(H,23,30). The first-order chi connectivity index (χ1) is 14.6. The van der Waals surface area contributed by atoms with Gasteiger partial charge in [-0.2, -0.15) is 4.80 Å². The van der Waals surface area contributed by atoms with Crippen molar-refractivity contribution in [3.63, 3.8) is 0 Å². The topological polar surface area (TPSA) is 112 Å². The summed E-state index contributed by atoms with van der Waals surface area (Å²) in [7, 11) is 0. The molecule has 0 aliphatic carbocycles. The summed E-state index contributed by atoms with van der Waals surface area (Å²) >= 11 is 0.